The number of carbonyl (C=O) groups is 2. The van der Waals surface area contributed by atoms with E-state index in [1.54, 1.807) is 30.9 Å². The molecule has 2 fully saturated rings. The maximum Gasteiger partial charge on any atom is 0.318 e. The Hall–Kier alpha value is -4.88. The van der Waals surface area contributed by atoms with Gasteiger partial charge in [-0.1, -0.05) is 23.2 Å². The van der Waals surface area contributed by atoms with E-state index >= 15 is 0 Å². The smallest absolute Gasteiger partial charge is 0.318 e. The summed E-state index contributed by atoms with van der Waals surface area (Å²) in [5.74, 6) is 3.00. The predicted molar refractivity (Wildman–Crippen MR) is 204 cm³/mol. The third kappa shape index (κ3) is 7.50. The van der Waals surface area contributed by atoms with Crippen molar-refractivity contribution in [1.29, 1.82) is 0 Å². The van der Waals surface area contributed by atoms with E-state index in [9.17, 15) is 9.59 Å². The fourth-order valence-corrected chi connectivity index (χ4v) is 7.50. The van der Waals surface area contributed by atoms with Crippen molar-refractivity contribution in [3.8, 4) is 34.0 Å². The number of rotatable bonds is 7. The molecule has 53 heavy (non-hydrogen) atoms. The van der Waals surface area contributed by atoms with Crippen molar-refractivity contribution in [2.45, 2.75) is 90.5 Å². The molecule has 4 aliphatic rings. The Balaban J connectivity index is 0.000000165. The zero-order valence-electron chi connectivity index (χ0n) is 30.4. The number of nitrogen functional groups attached to an aromatic ring is 2. The van der Waals surface area contributed by atoms with Crippen LogP contribution in [0.15, 0.2) is 24.3 Å². The molecule has 0 unspecified atom stereocenters. The first-order chi connectivity index (χ1) is 25.3. The Morgan fingerprint density at radius 3 is 1.57 bits per heavy atom. The van der Waals surface area contributed by atoms with Crippen LogP contribution in [-0.4, -0.2) is 61.9 Å². The van der Waals surface area contributed by atoms with Crippen molar-refractivity contribution >= 4 is 47.0 Å². The lowest BCUT2D eigenvalue weighted by molar-refractivity contribution is -0.129. The molecule has 0 atom stereocenters. The first-order valence-electron chi connectivity index (χ1n) is 17.7. The Morgan fingerprint density at radius 1 is 0.736 bits per heavy atom. The molecule has 2 aromatic carbocycles. The van der Waals surface area contributed by atoms with E-state index in [0.717, 1.165) is 82.0 Å². The van der Waals surface area contributed by atoms with Crippen LogP contribution in [0, 0.1) is 0 Å². The van der Waals surface area contributed by atoms with Crippen molar-refractivity contribution in [2.75, 3.05) is 25.7 Å². The van der Waals surface area contributed by atoms with Crippen LogP contribution < -0.4 is 26.3 Å². The van der Waals surface area contributed by atoms with Gasteiger partial charge in [-0.2, -0.15) is 0 Å². The SMILES string of the molecule is COc1cc(-c2nc(N)nc3c2CN(C(=O)NC(C)C)C3)c(Cl)cc1C1CC1.COc1cc(-c2nc(N)nc3c2CN(C(C)=O)C3)c(Cl)cc1C1CC1. The second-order valence-corrected chi connectivity index (χ2v) is 15.1. The Kier molecular flexibility index (Phi) is 9.98. The third-order valence-corrected chi connectivity index (χ3v) is 10.6. The van der Waals surface area contributed by atoms with Crippen molar-refractivity contribution in [3.05, 3.63) is 68.0 Å². The summed E-state index contributed by atoms with van der Waals surface area (Å²) >= 11 is 13.2. The molecule has 2 aromatic heterocycles. The molecule has 0 saturated heterocycles. The van der Waals surface area contributed by atoms with Gasteiger partial charge in [0.1, 0.15) is 11.5 Å². The average molecular weight is 761 g/mol. The summed E-state index contributed by atoms with van der Waals surface area (Å²) in [5.41, 5.74) is 20.3. The maximum atomic E-state index is 12.4. The van der Waals surface area contributed by atoms with Crippen molar-refractivity contribution in [1.82, 2.24) is 35.1 Å². The lowest BCUT2D eigenvalue weighted by atomic mass is 10.0. The number of methoxy groups -OCH3 is 2. The largest absolute Gasteiger partial charge is 0.496 e. The fraction of sp³-hybridized carbons (Fsp3) is 0.421. The number of urea groups is 1. The Labute approximate surface area is 318 Å². The Morgan fingerprint density at radius 2 is 1.17 bits per heavy atom. The van der Waals surface area contributed by atoms with Gasteiger partial charge in [-0.05, 0) is 86.8 Å². The highest BCUT2D eigenvalue weighted by atomic mass is 35.5. The van der Waals surface area contributed by atoms with Gasteiger partial charge in [0.15, 0.2) is 0 Å². The monoisotopic (exact) mass is 759 g/mol. The molecular formula is C38H43Cl2N9O4. The van der Waals surface area contributed by atoms with Crippen LogP contribution in [0.25, 0.3) is 22.5 Å². The number of hydrogen-bond donors (Lipinski definition) is 3. The van der Waals surface area contributed by atoms with Crippen LogP contribution in [0.2, 0.25) is 10.0 Å². The number of aromatic nitrogens is 4. The number of nitrogens with two attached hydrogens (primary N) is 2. The normalized spacial score (nSPS) is 15.8. The highest BCUT2D eigenvalue weighted by molar-refractivity contribution is 6.34. The molecule has 13 nitrogen and oxygen atoms in total. The van der Waals surface area contributed by atoms with Crippen molar-refractivity contribution < 1.29 is 19.1 Å². The molecule has 2 aliphatic heterocycles. The molecule has 0 spiro atoms. The molecule has 4 heterocycles. The van der Waals surface area contributed by atoms with Crippen LogP contribution in [0.5, 0.6) is 11.5 Å². The third-order valence-electron chi connectivity index (χ3n) is 9.93. The van der Waals surface area contributed by atoms with Crippen LogP contribution in [-0.2, 0) is 31.0 Å². The molecule has 0 radical (unpaired) electrons. The number of halogens is 2. The van der Waals surface area contributed by atoms with Gasteiger partial charge in [0, 0.05) is 35.2 Å². The van der Waals surface area contributed by atoms with Gasteiger partial charge in [0.2, 0.25) is 17.8 Å². The number of nitrogens with one attached hydrogen (secondary N) is 1. The first-order valence-corrected chi connectivity index (χ1v) is 18.5. The average Bonchev–Trinajstić information content (AvgIpc) is 4.05. The molecule has 2 saturated carbocycles. The highest BCUT2D eigenvalue weighted by Gasteiger charge is 2.33. The van der Waals surface area contributed by atoms with E-state index in [0.29, 0.717) is 59.4 Å². The van der Waals surface area contributed by atoms with Crippen LogP contribution >= 0.6 is 23.2 Å². The number of ether oxygens (including phenoxy) is 2. The van der Waals surface area contributed by atoms with Crippen LogP contribution in [0.3, 0.4) is 0 Å². The summed E-state index contributed by atoms with van der Waals surface area (Å²) in [6.07, 6.45) is 4.63. The summed E-state index contributed by atoms with van der Waals surface area (Å²) in [6.45, 7) is 7.11. The lowest BCUT2D eigenvalue weighted by Crippen LogP contribution is -2.40. The quantitative estimate of drug-likeness (QED) is 0.181. The molecule has 3 amide bonds. The van der Waals surface area contributed by atoms with Crippen LogP contribution in [0.1, 0.15) is 91.9 Å². The highest BCUT2D eigenvalue weighted by Crippen LogP contribution is 2.49. The minimum Gasteiger partial charge on any atom is -0.496 e. The second-order valence-electron chi connectivity index (χ2n) is 14.2. The summed E-state index contributed by atoms with van der Waals surface area (Å²) in [6, 6.07) is 7.71. The van der Waals surface area contributed by atoms with E-state index < -0.39 is 0 Å². The van der Waals surface area contributed by atoms with Gasteiger partial charge < -0.3 is 36.1 Å². The number of hydrogen-bond acceptors (Lipinski definition) is 10. The van der Waals surface area contributed by atoms with E-state index in [1.165, 1.54) is 0 Å². The molecule has 278 valence electrons. The summed E-state index contributed by atoms with van der Waals surface area (Å²) in [4.78, 5) is 45.1. The fourth-order valence-electron chi connectivity index (χ4n) is 6.98. The zero-order chi connectivity index (χ0) is 37.7. The summed E-state index contributed by atoms with van der Waals surface area (Å²) < 4.78 is 11.2. The van der Waals surface area contributed by atoms with E-state index in [1.807, 2.05) is 38.1 Å². The minimum absolute atomic E-state index is 0.00437. The summed E-state index contributed by atoms with van der Waals surface area (Å²) in [7, 11) is 3.32. The van der Waals surface area contributed by atoms with E-state index in [4.69, 9.17) is 44.1 Å². The van der Waals surface area contributed by atoms with Crippen molar-refractivity contribution in [2.24, 2.45) is 0 Å². The standard InChI is InChI=1S/C20H24ClN5O2.C18H19ClN4O2/c1-10(2)23-20(27)26-8-14-16(9-26)24-19(22)25-18(14)13-7-17(28-3)12(6-15(13)21)11-4-5-11;1-9(24)23-7-13-15(8-23)21-18(20)22-17(13)12-6-16(25-2)11(5-14(12)19)10-3-4-10/h6-7,10-11H,4-5,8-9H2,1-3H3,(H,23,27)(H2,22,24,25);5-6,10H,3-4,7-8H2,1-2H3,(H2,20,21,22). The number of carbonyl (C=O) groups excluding carboxylic acids is 2. The topological polar surface area (TPSA) is 175 Å². The molecule has 5 N–H and O–H groups in total. The van der Waals surface area contributed by atoms with Gasteiger partial charge >= 0.3 is 6.03 Å². The van der Waals surface area contributed by atoms with Crippen LogP contribution in [0.4, 0.5) is 16.7 Å². The number of anilines is 2. The maximum absolute atomic E-state index is 12.4. The lowest BCUT2D eigenvalue weighted by Gasteiger charge is -2.18. The summed E-state index contributed by atoms with van der Waals surface area (Å²) in [5, 5.41) is 4.13. The minimum atomic E-state index is -0.134. The molecule has 0 bridgehead atoms. The zero-order valence-corrected chi connectivity index (χ0v) is 31.9. The molecule has 2 aliphatic carbocycles. The number of amides is 3. The van der Waals surface area contributed by atoms with Crippen molar-refractivity contribution in [3.63, 3.8) is 0 Å². The van der Waals surface area contributed by atoms with E-state index in [2.05, 4.69) is 25.3 Å². The number of nitrogens with zero attached hydrogens (tertiary/aromatic N) is 6. The van der Waals surface area contributed by atoms with Gasteiger partial charge in [0.25, 0.3) is 0 Å². The second kappa shape index (κ2) is 14.5. The Bertz CT molecular complexity index is 2120. The number of benzene rings is 2. The van der Waals surface area contributed by atoms with Gasteiger partial charge in [-0.3, -0.25) is 4.79 Å². The number of fused-ring (bicyclic) bond motifs is 2. The predicted octanol–water partition coefficient (Wildman–Crippen LogP) is 6.83. The van der Waals surface area contributed by atoms with E-state index in [-0.39, 0.29) is 29.9 Å². The first kappa shape index (κ1) is 36.5. The van der Waals surface area contributed by atoms with Gasteiger partial charge in [-0.25, -0.2) is 24.7 Å². The molecule has 15 heteroatoms. The van der Waals surface area contributed by atoms with Gasteiger partial charge in [0.05, 0.1) is 73.2 Å². The molecule has 8 rings (SSSR count). The molecular weight excluding hydrogens is 717 g/mol. The van der Waals surface area contributed by atoms with Gasteiger partial charge in [-0.15, -0.1) is 0 Å². The molecule has 4 aromatic rings.